The topological polar surface area (TPSA) is 88.2 Å². The highest BCUT2D eigenvalue weighted by molar-refractivity contribution is 7.07. The molecule has 2 rings (SSSR count). The number of carboxylic acids is 1. The second kappa shape index (κ2) is 5.01. The molecule has 0 unspecified atom stereocenters. The summed E-state index contributed by atoms with van der Waals surface area (Å²) in [5.41, 5.74) is 8.25. The molecule has 0 saturated heterocycles. The van der Waals surface area contributed by atoms with Crippen LogP contribution in [0.15, 0.2) is 23.0 Å². The maximum absolute atomic E-state index is 13.5. The fraction of sp³-hybridized carbons (Fsp3) is 0.0909. The molecular formula is C11H10FN3O2S. The summed E-state index contributed by atoms with van der Waals surface area (Å²) < 4.78 is 13.5. The van der Waals surface area contributed by atoms with E-state index in [0.29, 0.717) is 12.2 Å². The first-order valence-corrected chi connectivity index (χ1v) is 5.95. The summed E-state index contributed by atoms with van der Waals surface area (Å²) in [6, 6.07) is 2.17. The van der Waals surface area contributed by atoms with Crippen molar-refractivity contribution in [3.05, 3.63) is 40.1 Å². The number of thiazole rings is 1. The molecule has 0 amide bonds. The number of nitrogen functional groups attached to an aromatic ring is 1. The third-order valence-corrected chi connectivity index (χ3v) is 2.95. The SMILES string of the molecule is Nc1cc(C(=O)O)c(F)cc1NCc1cscn1. The number of aromatic carboxylic acids is 1. The third-order valence-electron chi connectivity index (χ3n) is 2.31. The fourth-order valence-corrected chi connectivity index (χ4v) is 1.98. The van der Waals surface area contributed by atoms with E-state index in [4.69, 9.17) is 10.8 Å². The quantitative estimate of drug-likeness (QED) is 0.739. The fourth-order valence-electron chi connectivity index (χ4n) is 1.42. The zero-order valence-corrected chi connectivity index (χ0v) is 10.00. The Balaban J connectivity index is 2.19. The Labute approximate surface area is 106 Å². The Morgan fingerprint density at radius 2 is 2.33 bits per heavy atom. The van der Waals surface area contributed by atoms with Gasteiger partial charge in [-0.1, -0.05) is 0 Å². The number of benzene rings is 1. The lowest BCUT2D eigenvalue weighted by molar-refractivity contribution is 0.0692. The highest BCUT2D eigenvalue weighted by atomic mass is 32.1. The summed E-state index contributed by atoms with van der Waals surface area (Å²) in [6.45, 7) is 0.402. The molecular weight excluding hydrogens is 257 g/mol. The molecule has 0 aliphatic rings. The number of nitrogens with zero attached hydrogens (tertiary/aromatic N) is 1. The highest BCUT2D eigenvalue weighted by Gasteiger charge is 2.13. The smallest absolute Gasteiger partial charge is 0.338 e. The Bertz CT molecular complexity index is 572. The number of anilines is 2. The van der Waals surface area contributed by atoms with Crippen LogP contribution >= 0.6 is 11.3 Å². The number of nitrogens with two attached hydrogens (primary N) is 1. The summed E-state index contributed by atoms with van der Waals surface area (Å²) in [7, 11) is 0. The van der Waals surface area contributed by atoms with Crippen molar-refractivity contribution in [2.75, 3.05) is 11.1 Å². The largest absolute Gasteiger partial charge is 0.478 e. The molecule has 0 atom stereocenters. The molecule has 4 N–H and O–H groups in total. The van der Waals surface area contributed by atoms with E-state index in [1.54, 1.807) is 5.51 Å². The van der Waals surface area contributed by atoms with Gasteiger partial charge in [-0.05, 0) is 12.1 Å². The van der Waals surface area contributed by atoms with E-state index in [2.05, 4.69) is 10.3 Å². The minimum atomic E-state index is -1.34. The molecule has 7 heteroatoms. The number of carbonyl (C=O) groups is 1. The number of rotatable bonds is 4. The van der Waals surface area contributed by atoms with Crippen molar-refractivity contribution in [2.24, 2.45) is 0 Å². The summed E-state index contributed by atoms with van der Waals surface area (Å²) in [4.78, 5) is 14.8. The Hall–Kier alpha value is -2.15. The standard InChI is InChI=1S/C11H10FN3O2S/c12-8-2-10(9(13)1-7(8)11(16)17)14-3-6-4-18-5-15-6/h1-2,4-5,14H,3,13H2,(H,16,17). The predicted molar refractivity (Wildman–Crippen MR) is 67.2 cm³/mol. The molecule has 2 aromatic rings. The van der Waals surface area contributed by atoms with Crippen LogP contribution in [-0.4, -0.2) is 16.1 Å². The number of carboxylic acid groups (broad SMARTS) is 1. The van der Waals surface area contributed by atoms with Gasteiger partial charge in [0.1, 0.15) is 5.82 Å². The second-order valence-corrected chi connectivity index (χ2v) is 4.28. The van der Waals surface area contributed by atoms with Gasteiger partial charge < -0.3 is 16.2 Å². The average molecular weight is 267 g/mol. The first-order chi connectivity index (χ1) is 8.58. The van der Waals surface area contributed by atoms with E-state index >= 15 is 0 Å². The van der Waals surface area contributed by atoms with Gasteiger partial charge in [-0.15, -0.1) is 11.3 Å². The summed E-state index contributed by atoms with van der Waals surface area (Å²) in [5.74, 6) is -2.16. The molecule has 0 aliphatic carbocycles. The van der Waals surface area contributed by atoms with Gasteiger partial charge >= 0.3 is 5.97 Å². The number of nitrogens with one attached hydrogen (secondary N) is 1. The summed E-state index contributed by atoms with van der Waals surface area (Å²) in [6.07, 6.45) is 0. The number of hydrogen-bond acceptors (Lipinski definition) is 5. The van der Waals surface area contributed by atoms with Crippen LogP contribution in [0.4, 0.5) is 15.8 Å². The Morgan fingerprint density at radius 3 is 2.94 bits per heavy atom. The zero-order chi connectivity index (χ0) is 13.1. The lowest BCUT2D eigenvalue weighted by atomic mass is 10.1. The molecule has 0 spiro atoms. The number of halogens is 1. The molecule has 94 valence electrons. The van der Waals surface area contributed by atoms with Gasteiger partial charge in [-0.3, -0.25) is 0 Å². The van der Waals surface area contributed by atoms with Gasteiger partial charge in [0.25, 0.3) is 0 Å². The van der Waals surface area contributed by atoms with E-state index in [1.807, 2.05) is 5.38 Å². The van der Waals surface area contributed by atoms with Gasteiger partial charge in [-0.25, -0.2) is 14.2 Å². The van der Waals surface area contributed by atoms with E-state index in [-0.39, 0.29) is 5.69 Å². The third kappa shape index (κ3) is 2.57. The van der Waals surface area contributed by atoms with Crippen molar-refractivity contribution in [3.63, 3.8) is 0 Å². The van der Waals surface area contributed by atoms with Crippen LogP contribution in [0.25, 0.3) is 0 Å². The van der Waals surface area contributed by atoms with Gasteiger partial charge in [0.15, 0.2) is 0 Å². The molecule has 1 heterocycles. The van der Waals surface area contributed by atoms with Crippen molar-refractivity contribution in [1.82, 2.24) is 4.98 Å². The van der Waals surface area contributed by atoms with Crippen molar-refractivity contribution < 1.29 is 14.3 Å². The van der Waals surface area contributed by atoms with Crippen LogP contribution in [0.1, 0.15) is 16.1 Å². The second-order valence-electron chi connectivity index (χ2n) is 3.56. The van der Waals surface area contributed by atoms with Crippen LogP contribution < -0.4 is 11.1 Å². The molecule has 0 saturated carbocycles. The molecule has 0 aliphatic heterocycles. The van der Waals surface area contributed by atoms with Gasteiger partial charge in [0, 0.05) is 5.38 Å². The van der Waals surface area contributed by atoms with Crippen LogP contribution in [0.2, 0.25) is 0 Å². The van der Waals surface area contributed by atoms with E-state index < -0.39 is 17.3 Å². The minimum absolute atomic E-state index is 0.184. The molecule has 1 aromatic carbocycles. The molecule has 0 bridgehead atoms. The van der Waals surface area contributed by atoms with E-state index in [9.17, 15) is 9.18 Å². The predicted octanol–water partition coefficient (Wildman–Crippen LogP) is 2.17. The van der Waals surface area contributed by atoms with Gasteiger partial charge in [0.2, 0.25) is 0 Å². The maximum atomic E-state index is 13.5. The Kier molecular flexibility index (Phi) is 3.42. The van der Waals surface area contributed by atoms with E-state index in [1.165, 1.54) is 11.3 Å². The number of hydrogen-bond donors (Lipinski definition) is 3. The van der Waals surface area contributed by atoms with Crippen molar-refractivity contribution in [1.29, 1.82) is 0 Å². The summed E-state index contributed by atoms with van der Waals surface area (Å²) in [5, 5.41) is 13.5. The zero-order valence-electron chi connectivity index (χ0n) is 9.18. The maximum Gasteiger partial charge on any atom is 0.338 e. The average Bonchev–Trinajstić information content (AvgIpc) is 2.82. The van der Waals surface area contributed by atoms with Gasteiger partial charge in [0.05, 0.1) is 34.7 Å². The van der Waals surface area contributed by atoms with Crippen molar-refractivity contribution in [3.8, 4) is 0 Å². The van der Waals surface area contributed by atoms with Crippen molar-refractivity contribution in [2.45, 2.75) is 6.54 Å². The first-order valence-electron chi connectivity index (χ1n) is 5.01. The van der Waals surface area contributed by atoms with Crippen LogP contribution in [0, 0.1) is 5.82 Å². The van der Waals surface area contributed by atoms with Crippen molar-refractivity contribution >= 4 is 28.7 Å². The first kappa shape index (κ1) is 12.3. The molecule has 0 fully saturated rings. The van der Waals surface area contributed by atoms with E-state index in [0.717, 1.165) is 17.8 Å². The monoisotopic (exact) mass is 267 g/mol. The normalized spacial score (nSPS) is 10.3. The molecule has 18 heavy (non-hydrogen) atoms. The van der Waals surface area contributed by atoms with Crippen LogP contribution in [0.3, 0.4) is 0 Å². The lowest BCUT2D eigenvalue weighted by Gasteiger charge is -2.09. The molecule has 1 aromatic heterocycles. The minimum Gasteiger partial charge on any atom is -0.478 e. The highest BCUT2D eigenvalue weighted by Crippen LogP contribution is 2.23. The lowest BCUT2D eigenvalue weighted by Crippen LogP contribution is -2.07. The molecule has 0 radical (unpaired) electrons. The van der Waals surface area contributed by atoms with Crippen LogP contribution in [-0.2, 0) is 6.54 Å². The van der Waals surface area contributed by atoms with Gasteiger partial charge in [-0.2, -0.15) is 0 Å². The van der Waals surface area contributed by atoms with Crippen LogP contribution in [0.5, 0.6) is 0 Å². The Morgan fingerprint density at radius 1 is 1.56 bits per heavy atom. The number of aromatic nitrogens is 1. The molecule has 5 nitrogen and oxygen atoms in total. The summed E-state index contributed by atoms with van der Waals surface area (Å²) >= 11 is 1.45.